The smallest absolute Gasteiger partial charge is 0.262 e. The number of nitrogens with zero attached hydrogens (tertiary/aromatic N) is 1. The molecule has 10 heteroatoms. The van der Waals surface area contributed by atoms with Gasteiger partial charge >= 0.3 is 0 Å². The number of benzene rings is 2. The van der Waals surface area contributed by atoms with Gasteiger partial charge in [-0.3, -0.25) is 9.52 Å². The van der Waals surface area contributed by atoms with Gasteiger partial charge in [-0.25, -0.2) is 21.1 Å². The molecule has 1 N–H and O–H groups in total. The number of hydrogen-bond acceptors (Lipinski definition) is 6. The SMILES string of the molecule is Cc1cc(N2C(=O)C(C)CS2(=O)=O)ccc1S(=O)(=O)Nc1ccccc1OC(C)C. The van der Waals surface area contributed by atoms with Gasteiger partial charge in [-0.15, -0.1) is 0 Å². The van der Waals surface area contributed by atoms with E-state index in [0.717, 1.165) is 4.31 Å². The van der Waals surface area contributed by atoms with Crippen LogP contribution in [0.25, 0.3) is 0 Å². The van der Waals surface area contributed by atoms with Crippen LogP contribution in [0.2, 0.25) is 0 Å². The number of carbonyl (C=O) groups is 1. The second-order valence-electron chi connectivity index (χ2n) is 7.50. The average molecular weight is 453 g/mol. The fraction of sp³-hybridized carbons (Fsp3) is 0.350. The molecular weight excluding hydrogens is 428 g/mol. The Labute approximate surface area is 177 Å². The van der Waals surface area contributed by atoms with Gasteiger partial charge in [-0.2, -0.15) is 0 Å². The summed E-state index contributed by atoms with van der Waals surface area (Å²) in [5.41, 5.74) is 0.731. The molecule has 1 aliphatic heterocycles. The van der Waals surface area contributed by atoms with Gasteiger partial charge in [0.1, 0.15) is 5.75 Å². The minimum absolute atomic E-state index is 0.0253. The van der Waals surface area contributed by atoms with Crippen LogP contribution in [0.4, 0.5) is 11.4 Å². The highest BCUT2D eigenvalue weighted by Crippen LogP contribution is 2.32. The minimum atomic E-state index is -3.98. The van der Waals surface area contributed by atoms with Crippen LogP contribution in [0.5, 0.6) is 5.75 Å². The summed E-state index contributed by atoms with van der Waals surface area (Å²) in [4.78, 5) is 12.3. The maximum atomic E-state index is 13.0. The van der Waals surface area contributed by atoms with Crippen molar-refractivity contribution in [3.8, 4) is 5.75 Å². The van der Waals surface area contributed by atoms with Gasteiger partial charge in [0, 0.05) is 0 Å². The van der Waals surface area contributed by atoms with Crippen molar-refractivity contribution in [3.63, 3.8) is 0 Å². The monoisotopic (exact) mass is 452 g/mol. The van der Waals surface area contributed by atoms with E-state index in [4.69, 9.17) is 4.74 Å². The number of carbonyl (C=O) groups excluding carboxylic acids is 1. The fourth-order valence-electron chi connectivity index (χ4n) is 3.26. The summed E-state index contributed by atoms with van der Waals surface area (Å²) in [6, 6.07) is 10.7. The van der Waals surface area contributed by atoms with E-state index in [1.807, 2.05) is 13.8 Å². The Balaban J connectivity index is 1.95. The maximum Gasteiger partial charge on any atom is 0.262 e. The van der Waals surface area contributed by atoms with E-state index < -0.39 is 31.9 Å². The van der Waals surface area contributed by atoms with Gasteiger partial charge < -0.3 is 4.74 Å². The molecule has 8 nitrogen and oxygen atoms in total. The van der Waals surface area contributed by atoms with Gasteiger partial charge in [0.2, 0.25) is 15.9 Å². The van der Waals surface area contributed by atoms with E-state index in [1.54, 1.807) is 38.1 Å². The third kappa shape index (κ3) is 4.29. The molecule has 0 aromatic heterocycles. The van der Waals surface area contributed by atoms with Crippen molar-refractivity contribution in [1.82, 2.24) is 0 Å². The summed E-state index contributed by atoms with van der Waals surface area (Å²) in [5, 5.41) is 0. The lowest BCUT2D eigenvalue weighted by Gasteiger charge is -2.18. The third-order valence-electron chi connectivity index (χ3n) is 4.54. The van der Waals surface area contributed by atoms with E-state index in [0.29, 0.717) is 17.0 Å². The molecule has 30 heavy (non-hydrogen) atoms. The summed E-state index contributed by atoms with van der Waals surface area (Å²) >= 11 is 0. The molecule has 1 atom stereocenters. The standard InChI is InChI=1S/C20H24N2O6S2/c1-13(2)28-18-8-6-5-7-17(18)21-30(26,27)19-10-9-16(11-14(19)3)22-20(23)15(4)12-29(22,24)25/h5-11,13,15,21H,12H2,1-4H3. The molecule has 162 valence electrons. The lowest BCUT2D eigenvalue weighted by atomic mass is 10.2. The van der Waals surface area contributed by atoms with Crippen LogP contribution in [0.3, 0.4) is 0 Å². The number of amides is 1. The number of ether oxygens (including phenoxy) is 1. The first-order chi connectivity index (χ1) is 13.9. The number of anilines is 2. The molecule has 2 aromatic carbocycles. The molecule has 1 unspecified atom stereocenters. The zero-order chi connectivity index (χ0) is 22.3. The zero-order valence-electron chi connectivity index (χ0n) is 17.1. The van der Waals surface area contributed by atoms with Gasteiger partial charge in [0.25, 0.3) is 10.0 Å². The fourth-order valence-corrected chi connectivity index (χ4v) is 6.37. The second kappa shape index (κ2) is 7.92. The lowest BCUT2D eigenvalue weighted by Crippen LogP contribution is -2.30. The molecule has 0 bridgehead atoms. The van der Waals surface area contributed by atoms with Crippen molar-refractivity contribution in [3.05, 3.63) is 48.0 Å². The Morgan fingerprint density at radius 2 is 1.83 bits per heavy atom. The molecule has 1 fully saturated rings. The summed E-state index contributed by atoms with van der Waals surface area (Å²) < 4.78 is 59.5. The van der Waals surface area contributed by atoms with Gasteiger partial charge in [-0.1, -0.05) is 19.1 Å². The Kier molecular flexibility index (Phi) is 5.83. The first-order valence-corrected chi connectivity index (χ1v) is 12.5. The molecule has 0 aliphatic carbocycles. The Bertz CT molecular complexity index is 1190. The van der Waals surface area contributed by atoms with E-state index in [1.165, 1.54) is 18.2 Å². The van der Waals surface area contributed by atoms with Gasteiger partial charge in [0.15, 0.2) is 0 Å². The van der Waals surface area contributed by atoms with E-state index in [9.17, 15) is 21.6 Å². The summed E-state index contributed by atoms with van der Waals surface area (Å²) in [6.07, 6.45) is -0.140. The normalized spacial score (nSPS) is 18.6. The third-order valence-corrected chi connectivity index (χ3v) is 7.93. The van der Waals surface area contributed by atoms with Gasteiger partial charge in [-0.05, 0) is 56.7 Å². The number of hydrogen-bond donors (Lipinski definition) is 1. The van der Waals surface area contributed by atoms with Crippen molar-refractivity contribution >= 4 is 37.3 Å². The van der Waals surface area contributed by atoms with Crippen LogP contribution in [0.1, 0.15) is 26.3 Å². The van der Waals surface area contributed by atoms with Crippen LogP contribution >= 0.6 is 0 Å². The summed E-state index contributed by atoms with van der Waals surface area (Å²) in [6.45, 7) is 6.77. The van der Waals surface area contributed by atoms with Crippen molar-refractivity contribution in [2.24, 2.45) is 5.92 Å². The molecule has 1 saturated heterocycles. The molecule has 3 rings (SSSR count). The number of nitrogens with one attached hydrogen (secondary N) is 1. The van der Waals surface area contributed by atoms with Crippen molar-refractivity contribution in [2.75, 3.05) is 14.8 Å². The molecule has 1 amide bonds. The second-order valence-corrected chi connectivity index (χ2v) is 11.0. The Morgan fingerprint density at radius 3 is 2.40 bits per heavy atom. The van der Waals surface area contributed by atoms with E-state index in [-0.39, 0.29) is 22.4 Å². The first kappa shape index (κ1) is 22.1. The molecule has 1 aliphatic rings. The predicted octanol–water partition coefficient (Wildman–Crippen LogP) is 2.90. The Morgan fingerprint density at radius 1 is 1.17 bits per heavy atom. The minimum Gasteiger partial charge on any atom is -0.489 e. The predicted molar refractivity (Wildman–Crippen MR) is 115 cm³/mol. The molecule has 1 heterocycles. The maximum absolute atomic E-state index is 13.0. The van der Waals surface area contributed by atoms with Crippen LogP contribution in [-0.4, -0.2) is 34.6 Å². The topological polar surface area (TPSA) is 110 Å². The largest absolute Gasteiger partial charge is 0.489 e. The molecule has 2 aromatic rings. The van der Waals surface area contributed by atoms with Crippen LogP contribution < -0.4 is 13.8 Å². The van der Waals surface area contributed by atoms with Crippen LogP contribution in [-0.2, 0) is 24.8 Å². The highest BCUT2D eigenvalue weighted by molar-refractivity contribution is 7.94. The van der Waals surface area contributed by atoms with E-state index >= 15 is 0 Å². The molecule has 0 radical (unpaired) electrons. The Hall–Kier alpha value is -2.59. The van der Waals surface area contributed by atoms with Gasteiger partial charge in [0.05, 0.1) is 34.0 Å². The highest BCUT2D eigenvalue weighted by Gasteiger charge is 2.42. The summed E-state index contributed by atoms with van der Waals surface area (Å²) in [5.74, 6) is -1.03. The van der Waals surface area contributed by atoms with E-state index in [2.05, 4.69) is 4.72 Å². The number of sulfonamides is 2. The molecular formula is C20H24N2O6S2. The molecule has 0 saturated carbocycles. The number of rotatable bonds is 6. The number of aryl methyl sites for hydroxylation is 1. The highest BCUT2D eigenvalue weighted by atomic mass is 32.2. The van der Waals surface area contributed by atoms with Crippen LogP contribution in [0, 0.1) is 12.8 Å². The number of para-hydroxylation sites is 2. The quantitative estimate of drug-likeness (QED) is 0.722. The van der Waals surface area contributed by atoms with Crippen molar-refractivity contribution in [2.45, 2.75) is 38.7 Å². The van der Waals surface area contributed by atoms with Crippen molar-refractivity contribution < 1.29 is 26.4 Å². The van der Waals surface area contributed by atoms with Crippen molar-refractivity contribution in [1.29, 1.82) is 0 Å². The summed E-state index contributed by atoms with van der Waals surface area (Å²) in [7, 11) is -7.75. The average Bonchev–Trinajstić information content (AvgIpc) is 2.82. The lowest BCUT2D eigenvalue weighted by molar-refractivity contribution is -0.119. The molecule has 0 spiro atoms. The van der Waals surface area contributed by atoms with Crippen LogP contribution in [0.15, 0.2) is 47.4 Å². The zero-order valence-corrected chi connectivity index (χ0v) is 18.7. The first-order valence-electron chi connectivity index (χ1n) is 9.38.